The summed E-state index contributed by atoms with van der Waals surface area (Å²) in [6.07, 6.45) is 6.54. The number of imidazole rings is 1. The van der Waals surface area contributed by atoms with Crippen molar-refractivity contribution in [2.75, 3.05) is 19.0 Å². The highest BCUT2D eigenvalue weighted by atomic mass is 35.5. The SMILES string of the molecule is COc1ccc(Cl)cc1NC(=O)CCN(Cc1nccn1C)C1CC1. The first kappa shape index (κ1) is 17.8. The van der Waals surface area contributed by atoms with E-state index in [0.717, 1.165) is 12.4 Å². The van der Waals surface area contributed by atoms with E-state index in [1.54, 1.807) is 31.5 Å². The number of halogens is 1. The highest BCUT2D eigenvalue weighted by Crippen LogP contribution is 2.29. The minimum Gasteiger partial charge on any atom is -0.495 e. The third-order valence-electron chi connectivity index (χ3n) is 4.39. The molecule has 1 aliphatic carbocycles. The molecule has 0 unspecified atom stereocenters. The monoisotopic (exact) mass is 362 g/mol. The Kier molecular flexibility index (Phi) is 5.60. The number of ether oxygens (including phenoxy) is 1. The molecule has 0 saturated heterocycles. The van der Waals surface area contributed by atoms with Crippen molar-refractivity contribution in [1.82, 2.24) is 14.5 Å². The van der Waals surface area contributed by atoms with E-state index in [9.17, 15) is 4.79 Å². The van der Waals surface area contributed by atoms with Crippen LogP contribution in [0.15, 0.2) is 30.6 Å². The molecule has 1 N–H and O–H groups in total. The van der Waals surface area contributed by atoms with Crippen LogP contribution in [0.2, 0.25) is 5.02 Å². The number of rotatable bonds is 8. The predicted molar refractivity (Wildman–Crippen MR) is 97.9 cm³/mol. The van der Waals surface area contributed by atoms with Gasteiger partial charge in [-0.1, -0.05) is 11.6 Å². The summed E-state index contributed by atoms with van der Waals surface area (Å²) in [6.45, 7) is 1.47. The Labute approximate surface area is 152 Å². The fraction of sp³-hybridized carbons (Fsp3) is 0.444. The maximum absolute atomic E-state index is 12.4. The molecule has 1 amide bonds. The van der Waals surface area contributed by atoms with Crippen LogP contribution in [0, 0.1) is 0 Å². The molecule has 134 valence electrons. The summed E-state index contributed by atoms with van der Waals surface area (Å²) < 4.78 is 7.28. The summed E-state index contributed by atoms with van der Waals surface area (Å²) >= 11 is 6.00. The molecule has 0 spiro atoms. The lowest BCUT2D eigenvalue weighted by molar-refractivity contribution is -0.116. The van der Waals surface area contributed by atoms with Gasteiger partial charge in [-0.3, -0.25) is 9.69 Å². The van der Waals surface area contributed by atoms with Crippen molar-refractivity contribution in [2.24, 2.45) is 7.05 Å². The van der Waals surface area contributed by atoms with E-state index in [1.165, 1.54) is 12.8 Å². The van der Waals surface area contributed by atoms with Gasteiger partial charge in [-0.15, -0.1) is 0 Å². The Morgan fingerprint density at radius 2 is 2.28 bits per heavy atom. The zero-order valence-electron chi connectivity index (χ0n) is 14.5. The summed E-state index contributed by atoms with van der Waals surface area (Å²) in [6, 6.07) is 5.74. The van der Waals surface area contributed by atoms with Crippen molar-refractivity contribution in [3.8, 4) is 5.75 Å². The van der Waals surface area contributed by atoms with Crippen LogP contribution >= 0.6 is 11.6 Å². The van der Waals surface area contributed by atoms with Crippen molar-refractivity contribution >= 4 is 23.2 Å². The second-order valence-electron chi connectivity index (χ2n) is 6.30. The molecule has 1 heterocycles. The van der Waals surface area contributed by atoms with Crippen molar-refractivity contribution in [3.63, 3.8) is 0 Å². The lowest BCUT2D eigenvalue weighted by atomic mass is 10.2. The van der Waals surface area contributed by atoms with Gasteiger partial charge in [0.05, 0.1) is 19.3 Å². The van der Waals surface area contributed by atoms with Crippen molar-refractivity contribution in [2.45, 2.75) is 31.8 Å². The number of benzene rings is 1. The molecule has 1 fully saturated rings. The molecule has 0 radical (unpaired) electrons. The summed E-state index contributed by atoms with van der Waals surface area (Å²) in [5.41, 5.74) is 0.599. The molecule has 6 nitrogen and oxygen atoms in total. The molecule has 3 rings (SSSR count). The minimum atomic E-state index is -0.0499. The normalized spacial score (nSPS) is 13.9. The van der Waals surface area contributed by atoms with Gasteiger partial charge < -0.3 is 14.6 Å². The molecular weight excluding hydrogens is 340 g/mol. The molecule has 0 bridgehead atoms. The third-order valence-corrected chi connectivity index (χ3v) is 4.63. The highest BCUT2D eigenvalue weighted by Gasteiger charge is 2.29. The van der Waals surface area contributed by atoms with E-state index in [2.05, 4.69) is 15.2 Å². The first-order valence-electron chi connectivity index (χ1n) is 8.40. The van der Waals surface area contributed by atoms with E-state index in [4.69, 9.17) is 16.3 Å². The Balaban J connectivity index is 1.57. The molecule has 0 aliphatic heterocycles. The second kappa shape index (κ2) is 7.89. The van der Waals surface area contributed by atoms with Gasteiger partial charge in [-0.05, 0) is 31.0 Å². The number of hydrogen-bond donors (Lipinski definition) is 1. The number of anilines is 1. The molecule has 0 atom stereocenters. The van der Waals surface area contributed by atoms with E-state index >= 15 is 0 Å². The average Bonchev–Trinajstić information content (AvgIpc) is 3.35. The molecule has 1 saturated carbocycles. The summed E-state index contributed by atoms with van der Waals surface area (Å²) in [7, 11) is 3.56. The van der Waals surface area contributed by atoms with Gasteiger partial charge in [-0.2, -0.15) is 0 Å². The first-order valence-corrected chi connectivity index (χ1v) is 8.78. The fourth-order valence-electron chi connectivity index (χ4n) is 2.80. The van der Waals surface area contributed by atoms with Crippen molar-refractivity contribution < 1.29 is 9.53 Å². The highest BCUT2D eigenvalue weighted by molar-refractivity contribution is 6.31. The van der Waals surface area contributed by atoms with Crippen LogP contribution in [0.1, 0.15) is 25.1 Å². The zero-order valence-corrected chi connectivity index (χ0v) is 15.3. The maximum atomic E-state index is 12.4. The van der Waals surface area contributed by atoms with Gasteiger partial charge in [0, 0.05) is 43.5 Å². The molecule has 2 aromatic rings. The number of methoxy groups -OCH3 is 1. The molecule has 7 heteroatoms. The van der Waals surface area contributed by atoms with E-state index < -0.39 is 0 Å². The van der Waals surface area contributed by atoms with Crippen molar-refractivity contribution in [3.05, 3.63) is 41.4 Å². The van der Waals surface area contributed by atoms with Crippen LogP contribution in [-0.2, 0) is 18.4 Å². The van der Waals surface area contributed by atoms with E-state index in [0.29, 0.717) is 35.5 Å². The number of amides is 1. The number of carbonyl (C=O) groups excluding carboxylic acids is 1. The molecule has 1 aliphatic rings. The zero-order chi connectivity index (χ0) is 17.8. The Morgan fingerprint density at radius 1 is 1.48 bits per heavy atom. The van der Waals surface area contributed by atoms with Crippen LogP contribution in [0.25, 0.3) is 0 Å². The van der Waals surface area contributed by atoms with Crippen LogP contribution in [0.4, 0.5) is 5.69 Å². The Bertz CT molecular complexity index is 742. The summed E-state index contributed by atoms with van der Waals surface area (Å²) in [4.78, 5) is 19.1. The van der Waals surface area contributed by atoms with E-state index in [1.807, 2.05) is 17.8 Å². The lowest BCUT2D eigenvalue weighted by Crippen LogP contribution is -2.30. The number of carbonyl (C=O) groups is 1. The topological polar surface area (TPSA) is 59.4 Å². The van der Waals surface area contributed by atoms with Crippen LogP contribution in [0.3, 0.4) is 0 Å². The summed E-state index contributed by atoms with van der Waals surface area (Å²) in [5, 5.41) is 3.45. The van der Waals surface area contributed by atoms with Crippen molar-refractivity contribution in [1.29, 1.82) is 0 Å². The van der Waals surface area contributed by atoms with Gasteiger partial charge in [-0.25, -0.2) is 4.98 Å². The van der Waals surface area contributed by atoms with E-state index in [-0.39, 0.29) is 5.91 Å². The van der Waals surface area contributed by atoms with Gasteiger partial charge in [0.1, 0.15) is 11.6 Å². The average molecular weight is 363 g/mol. The molecule has 1 aromatic carbocycles. The number of nitrogens with one attached hydrogen (secondary N) is 1. The molecule has 25 heavy (non-hydrogen) atoms. The second-order valence-corrected chi connectivity index (χ2v) is 6.74. The maximum Gasteiger partial charge on any atom is 0.225 e. The largest absolute Gasteiger partial charge is 0.495 e. The van der Waals surface area contributed by atoms with Crippen LogP contribution < -0.4 is 10.1 Å². The number of aryl methyl sites for hydroxylation is 1. The Morgan fingerprint density at radius 3 is 2.92 bits per heavy atom. The van der Waals surface area contributed by atoms with Gasteiger partial charge in [0.25, 0.3) is 0 Å². The van der Waals surface area contributed by atoms with Gasteiger partial charge in [0.15, 0.2) is 0 Å². The van der Waals surface area contributed by atoms with Gasteiger partial charge in [0.2, 0.25) is 5.91 Å². The molecular formula is C18H23ClN4O2. The van der Waals surface area contributed by atoms with Gasteiger partial charge >= 0.3 is 0 Å². The first-order chi connectivity index (χ1) is 12.1. The number of hydrogen-bond acceptors (Lipinski definition) is 4. The minimum absolute atomic E-state index is 0.0499. The summed E-state index contributed by atoms with van der Waals surface area (Å²) in [5.74, 6) is 1.57. The fourth-order valence-corrected chi connectivity index (χ4v) is 2.97. The smallest absolute Gasteiger partial charge is 0.225 e. The number of aromatic nitrogens is 2. The predicted octanol–water partition coefficient (Wildman–Crippen LogP) is 3.08. The third kappa shape index (κ3) is 4.74. The van der Waals surface area contributed by atoms with Crippen LogP contribution in [-0.4, -0.2) is 40.1 Å². The lowest BCUT2D eigenvalue weighted by Gasteiger charge is -2.21. The Hall–Kier alpha value is -2.05. The quantitative estimate of drug-likeness (QED) is 0.784. The molecule has 1 aromatic heterocycles. The number of nitrogens with zero attached hydrogens (tertiary/aromatic N) is 3. The van der Waals surface area contributed by atoms with Crippen LogP contribution in [0.5, 0.6) is 5.75 Å². The standard InChI is InChI=1S/C18H23ClN4O2/c1-22-10-8-20-17(22)12-23(14-4-5-14)9-7-18(24)21-15-11-13(19)3-6-16(15)25-2/h3,6,8,10-11,14H,4-5,7,9,12H2,1-2H3,(H,21,24).